The molecule has 1 unspecified atom stereocenters. The Bertz CT molecular complexity index is 596. The van der Waals surface area contributed by atoms with Crippen LogP contribution >= 0.6 is 27.3 Å². The number of thiazole rings is 1. The lowest BCUT2D eigenvalue weighted by molar-refractivity contribution is -0.137. The molecule has 1 aromatic carbocycles. The average molecular weight is 368 g/mol. The number of benzene rings is 1. The lowest BCUT2D eigenvalue weighted by Gasteiger charge is -2.07. The highest BCUT2D eigenvalue weighted by Gasteiger charge is 2.30. The molecule has 0 spiro atoms. The molecule has 2 rings (SSSR count). The summed E-state index contributed by atoms with van der Waals surface area (Å²) >= 11 is 4.30. The van der Waals surface area contributed by atoms with Crippen LogP contribution in [0.4, 0.5) is 13.2 Å². The molecule has 0 bridgehead atoms. The van der Waals surface area contributed by atoms with Gasteiger partial charge in [0.25, 0.3) is 5.19 Å². The van der Waals surface area contributed by atoms with Crippen LogP contribution in [0.1, 0.15) is 23.5 Å². The van der Waals surface area contributed by atoms with Crippen molar-refractivity contribution in [1.29, 1.82) is 0 Å². The Labute approximate surface area is 125 Å². The third-order valence-electron chi connectivity index (χ3n) is 2.36. The van der Waals surface area contributed by atoms with Crippen molar-refractivity contribution in [3.05, 3.63) is 39.3 Å². The number of hydrogen-bond acceptors (Lipinski definition) is 4. The summed E-state index contributed by atoms with van der Waals surface area (Å²) < 4.78 is 43.0. The van der Waals surface area contributed by atoms with Crippen LogP contribution in [0.3, 0.4) is 0 Å². The highest BCUT2D eigenvalue weighted by Crippen LogP contribution is 2.36. The number of aliphatic hydroxyl groups excluding tert-OH is 1. The standard InChI is InChI=1S/C12H9BrF3NO2S/c1-6(18)9-10(13)17-11(20-9)19-8-4-2-7(3-5-8)12(14,15)16/h2-6,18H,1H3. The number of halogens is 4. The molecule has 0 fully saturated rings. The van der Waals surface area contributed by atoms with E-state index in [-0.39, 0.29) is 10.9 Å². The SMILES string of the molecule is CC(O)c1sc(Oc2ccc(C(F)(F)F)cc2)nc1Br. The molecule has 3 nitrogen and oxygen atoms in total. The zero-order valence-electron chi connectivity index (χ0n) is 10.1. The van der Waals surface area contributed by atoms with Crippen LogP contribution in [0.25, 0.3) is 0 Å². The Kier molecular flexibility index (Phi) is 4.36. The van der Waals surface area contributed by atoms with Crippen LogP contribution in [-0.4, -0.2) is 10.1 Å². The van der Waals surface area contributed by atoms with E-state index in [1.807, 2.05) is 0 Å². The van der Waals surface area contributed by atoms with Gasteiger partial charge in [-0.3, -0.25) is 0 Å². The maximum absolute atomic E-state index is 12.4. The lowest BCUT2D eigenvalue weighted by Crippen LogP contribution is -2.03. The zero-order chi connectivity index (χ0) is 14.9. The number of aromatic nitrogens is 1. The van der Waals surface area contributed by atoms with Gasteiger partial charge in [0.05, 0.1) is 16.5 Å². The van der Waals surface area contributed by atoms with Crippen LogP contribution < -0.4 is 4.74 Å². The molecule has 1 N–H and O–H groups in total. The Morgan fingerprint density at radius 2 is 1.90 bits per heavy atom. The Hall–Kier alpha value is -1.12. The second kappa shape index (κ2) is 5.71. The average Bonchev–Trinajstić information content (AvgIpc) is 2.70. The summed E-state index contributed by atoms with van der Waals surface area (Å²) in [7, 11) is 0. The summed E-state index contributed by atoms with van der Waals surface area (Å²) in [4.78, 5) is 4.62. The van der Waals surface area contributed by atoms with E-state index in [2.05, 4.69) is 20.9 Å². The monoisotopic (exact) mass is 367 g/mol. The zero-order valence-corrected chi connectivity index (χ0v) is 12.5. The second-order valence-corrected chi connectivity index (χ2v) is 5.68. The highest BCUT2D eigenvalue weighted by molar-refractivity contribution is 9.10. The van der Waals surface area contributed by atoms with Gasteiger partial charge in [-0.05, 0) is 47.1 Å². The van der Waals surface area contributed by atoms with Crippen LogP contribution in [-0.2, 0) is 6.18 Å². The van der Waals surface area contributed by atoms with Gasteiger partial charge in [-0.15, -0.1) is 0 Å². The van der Waals surface area contributed by atoms with Gasteiger partial charge in [0.1, 0.15) is 10.4 Å². The molecule has 1 atom stereocenters. The van der Waals surface area contributed by atoms with Gasteiger partial charge in [0.15, 0.2) is 0 Å². The molecule has 2 aromatic rings. The normalized spacial score (nSPS) is 13.3. The highest BCUT2D eigenvalue weighted by atomic mass is 79.9. The first-order valence-electron chi connectivity index (χ1n) is 5.47. The van der Waals surface area contributed by atoms with Gasteiger partial charge in [0.2, 0.25) is 0 Å². The van der Waals surface area contributed by atoms with Crippen molar-refractivity contribution in [1.82, 2.24) is 4.98 Å². The van der Waals surface area contributed by atoms with E-state index in [9.17, 15) is 18.3 Å². The van der Waals surface area contributed by atoms with Crippen LogP contribution in [0.5, 0.6) is 10.9 Å². The summed E-state index contributed by atoms with van der Waals surface area (Å²) in [6, 6.07) is 4.32. The third-order valence-corrected chi connectivity index (χ3v) is 4.33. The minimum absolute atomic E-state index is 0.243. The molecule has 108 valence electrons. The topological polar surface area (TPSA) is 42.4 Å². The van der Waals surface area contributed by atoms with Crippen molar-refractivity contribution in [2.75, 3.05) is 0 Å². The van der Waals surface area contributed by atoms with E-state index < -0.39 is 17.8 Å². The van der Waals surface area contributed by atoms with Crippen LogP contribution in [0, 0.1) is 0 Å². The predicted octanol–water partition coefficient (Wildman–Crippen LogP) is 4.77. The molecule has 0 aliphatic carbocycles. The second-order valence-electron chi connectivity index (χ2n) is 3.94. The van der Waals surface area contributed by atoms with Crippen molar-refractivity contribution in [2.45, 2.75) is 19.2 Å². The summed E-state index contributed by atoms with van der Waals surface area (Å²) in [5.41, 5.74) is -0.741. The minimum atomic E-state index is -4.37. The summed E-state index contributed by atoms with van der Waals surface area (Å²) in [5, 5.41) is 9.71. The number of aliphatic hydroxyl groups is 1. The van der Waals surface area contributed by atoms with Crippen molar-refractivity contribution < 1.29 is 23.0 Å². The van der Waals surface area contributed by atoms with Gasteiger partial charge in [-0.1, -0.05) is 11.3 Å². The summed E-state index contributed by atoms with van der Waals surface area (Å²) in [6.07, 6.45) is -5.07. The van der Waals surface area contributed by atoms with E-state index in [4.69, 9.17) is 4.74 Å². The molecule has 0 aliphatic heterocycles. The fourth-order valence-corrected chi connectivity index (χ4v) is 3.02. The first kappa shape index (κ1) is 15.3. The molecular formula is C12H9BrF3NO2S. The third kappa shape index (κ3) is 3.50. The molecule has 8 heteroatoms. The van der Waals surface area contributed by atoms with E-state index in [1.54, 1.807) is 6.92 Å². The van der Waals surface area contributed by atoms with Gasteiger partial charge in [-0.2, -0.15) is 18.2 Å². The van der Waals surface area contributed by atoms with E-state index in [1.165, 1.54) is 12.1 Å². The van der Waals surface area contributed by atoms with Crippen molar-refractivity contribution >= 4 is 27.3 Å². The van der Waals surface area contributed by atoms with Crippen LogP contribution in [0.2, 0.25) is 0 Å². The minimum Gasteiger partial charge on any atom is -0.431 e. The molecule has 0 aliphatic rings. The van der Waals surface area contributed by atoms with E-state index >= 15 is 0 Å². The van der Waals surface area contributed by atoms with Gasteiger partial charge < -0.3 is 9.84 Å². The Balaban J connectivity index is 2.16. The van der Waals surface area contributed by atoms with Crippen molar-refractivity contribution in [3.8, 4) is 10.9 Å². The van der Waals surface area contributed by atoms with Gasteiger partial charge in [-0.25, -0.2) is 0 Å². The molecule has 0 saturated carbocycles. The van der Waals surface area contributed by atoms with Gasteiger partial charge in [0, 0.05) is 0 Å². The fraction of sp³-hybridized carbons (Fsp3) is 0.250. The molecular weight excluding hydrogens is 359 g/mol. The number of alkyl halides is 3. The largest absolute Gasteiger partial charge is 0.431 e. The first-order chi connectivity index (χ1) is 9.27. The van der Waals surface area contributed by atoms with Crippen LogP contribution in [0.15, 0.2) is 28.9 Å². The smallest absolute Gasteiger partial charge is 0.416 e. The summed E-state index contributed by atoms with van der Waals surface area (Å²) in [6.45, 7) is 1.58. The number of nitrogens with zero attached hydrogens (tertiary/aromatic N) is 1. The first-order valence-corrected chi connectivity index (χ1v) is 7.07. The number of ether oxygens (including phenoxy) is 1. The fourth-order valence-electron chi connectivity index (χ4n) is 1.41. The van der Waals surface area contributed by atoms with Gasteiger partial charge >= 0.3 is 6.18 Å². The maximum atomic E-state index is 12.4. The van der Waals surface area contributed by atoms with E-state index in [0.29, 0.717) is 9.48 Å². The molecule has 0 amide bonds. The number of rotatable bonds is 3. The lowest BCUT2D eigenvalue weighted by atomic mass is 10.2. The Morgan fingerprint density at radius 3 is 2.35 bits per heavy atom. The maximum Gasteiger partial charge on any atom is 0.416 e. The molecule has 1 heterocycles. The molecule has 0 radical (unpaired) electrons. The molecule has 1 aromatic heterocycles. The molecule has 20 heavy (non-hydrogen) atoms. The van der Waals surface area contributed by atoms with E-state index in [0.717, 1.165) is 23.5 Å². The van der Waals surface area contributed by atoms with Crippen molar-refractivity contribution in [3.63, 3.8) is 0 Å². The number of hydrogen-bond donors (Lipinski definition) is 1. The summed E-state index contributed by atoms with van der Waals surface area (Å²) in [5.74, 6) is 0.247. The molecule has 0 saturated heterocycles. The van der Waals surface area contributed by atoms with Crippen molar-refractivity contribution in [2.24, 2.45) is 0 Å². The quantitative estimate of drug-likeness (QED) is 0.849. The predicted molar refractivity (Wildman–Crippen MR) is 72.0 cm³/mol. The Morgan fingerprint density at radius 1 is 1.30 bits per heavy atom.